The van der Waals surface area contributed by atoms with E-state index in [0.717, 1.165) is 17.7 Å². The number of carboxylic acid groups (broad SMARTS) is 1. The summed E-state index contributed by atoms with van der Waals surface area (Å²) in [6, 6.07) is 11.5. The summed E-state index contributed by atoms with van der Waals surface area (Å²) in [7, 11) is 0. The Morgan fingerprint density at radius 2 is 1.71 bits per heavy atom. The minimum atomic E-state index is -5.77. The predicted octanol–water partition coefficient (Wildman–Crippen LogP) is 6.68. The molecule has 34 heavy (non-hydrogen) atoms. The first-order valence-corrected chi connectivity index (χ1v) is 10.2. The lowest BCUT2D eigenvalue weighted by molar-refractivity contribution is -0.304. The fourth-order valence-corrected chi connectivity index (χ4v) is 3.95. The van der Waals surface area contributed by atoms with Crippen molar-refractivity contribution in [2.75, 3.05) is 0 Å². The largest absolute Gasteiger partial charge is 0.478 e. The van der Waals surface area contributed by atoms with Crippen LogP contribution in [0.1, 0.15) is 40.0 Å². The maximum Gasteiger partial charge on any atom is 0.439 e. The van der Waals surface area contributed by atoms with Crippen molar-refractivity contribution in [3.05, 3.63) is 70.9 Å². The van der Waals surface area contributed by atoms with Crippen molar-refractivity contribution in [1.29, 1.82) is 0 Å². The molecule has 0 radical (unpaired) electrons. The fraction of sp³-hybridized carbons (Fsp3) is 0.250. The molecule has 0 spiro atoms. The summed E-state index contributed by atoms with van der Waals surface area (Å²) < 4.78 is 80.8. The van der Waals surface area contributed by atoms with Crippen LogP contribution in [0.5, 0.6) is 5.75 Å². The van der Waals surface area contributed by atoms with E-state index in [0.29, 0.717) is 47.0 Å². The van der Waals surface area contributed by atoms with Gasteiger partial charge in [0.15, 0.2) is 0 Å². The van der Waals surface area contributed by atoms with Crippen molar-refractivity contribution in [2.24, 2.45) is 0 Å². The third-order valence-corrected chi connectivity index (χ3v) is 5.44. The van der Waals surface area contributed by atoms with Gasteiger partial charge in [0.05, 0.1) is 16.8 Å². The van der Waals surface area contributed by atoms with Crippen LogP contribution >= 0.6 is 0 Å². The summed E-state index contributed by atoms with van der Waals surface area (Å²) >= 11 is 0. The Labute approximate surface area is 189 Å². The number of carboxylic acids is 1. The summed E-state index contributed by atoms with van der Waals surface area (Å²) in [5, 5.41) is 10.3. The number of benzene rings is 2. The van der Waals surface area contributed by atoms with E-state index in [1.807, 2.05) is 0 Å². The van der Waals surface area contributed by atoms with Crippen LogP contribution in [0.4, 0.5) is 26.3 Å². The number of alkyl halides is 6. The van der Waals surface area contributed by atoms with Crippen molar-refractivity contribution < 1.29 is 41.0 Å². The van der Waals surface area contributed by atoms with E-state index < -0.39 is 30.2 Å². The van der Waals surface area contributed by atoms with E-state index in [1.165, 1.54) is 12.1 Å². The van der Waals surface area contributed by atoms with Crippen LogP contribution in [0.2, 0.25) is 0 Å². The monoisotopic (exact) mass is 481 g/mol. The lowest BCUT2D eigenvalue weighted by Gasteiger charge is -2.23. The number of halogens is 6. The first-order valence-electron chi connectivity index (χ1n) is 10.2. The summed E-state index contributed by atoms with van der Waals surface area (Å²) in [5.74, 6) is -1.70. The molecular weight excluding hydrogens is 464 g/mol. The van der Waals surface area contributed by atoms with Gasteiger partial charge in [-0.2, -0.15) is 22.0 Å². The molecule has 4 rings (SSSR count). The van der Waals surface area contributed by atoms with E-state index >= 15 is 0 Å². The molecule has 1 aromatic heterocycles. The third-order valence-electron chi connectivity index (χ3n) is 5.44. The molecule has 1 aliphatic carbocycles. The fourth-order valence-electron chi connectivity index (χ4n) is 3.95. The molecule has 0 saturated heterocycles. The van der Waals surface area contributed by atoms with E-state index in [1.54, 1.807) is 30.3 Å². The van der Waals surface area contributed by atoms with Crippen molar-refractivity contribution in [3.8, 4) is 5.75 Å². The molecule has 1 aliphatic rings. The van der Waals surface area contributed by atoms with Gasteiger partial charge >= 0.3 is 18.3 Å². The molecule has 10 heteroatoms. The highest BCUT2D eigenvalue weighted by atomic mass is 19.4. The van der Waals surface area contributed by atoms with Gasteiger partial charge in [0.25, 0.3) is 6.17 Å². The van der Waals surface area contributed by atoms with Gasteiger partial charge in [0.1, 0.15) is 5.75 Å². The zero-order valence-corrected chi connectivity index (χ0v) is 17.4. The number of pyridine rings is 1. The number of ether oxygens (including phenoxy) is 1. The second kappa shape index (κ2) is 8.66. The van der Waals surface area contributed by atoms with Crippen LogP contribution in [-0.2, 0) is 6.42 Å². The number of nitrogens with zero attached hydrogens (tertiary/aromatic N) is 1. The van der Waals surface area contributed by atoms with Crippen LogP contribution in [0, 0.1) is 0 Å². The molecule has 1 N–H and O–H groups in total. The number of hydrogen-bond acceptors (Lipinski definition) is 3. The summed E-state index contributed by atoms with van der Waals surface area (Å²) in [6.45, 7) is 0. The molecule has 178 valence electrons. The average Bonchev–Trinajstić information content (AvgIpc) is 2.77. The van der Waals surface area contributed by atoms with Crippen LogP contribution in [0.15, 0.2) is 48.5 Å². The number of aromatic nitrogens is 1. The Kier molecular flexibility index (Phi) is 6.01. The first-order chi connectivity index (χ1) is 16.0. The van der Waals surface area contributed by atoms with Gasteiger partial charge in [0.2, 0.25) is 0 Å². The summed E-state index contributed by atoms with van der Waals surface area (Å²) in [6.07, 6.45) is -11.8. The number of para-hydroxylation sites is 1. The molecule has 0 amide bonds. The van der Waals surface area contributed by atoms with Crippen molar-refractivity contribution in [3.63, 3.8) is 0 Å². The van der Waals surface area contributed by atoms with Crippen LogP contribution in [-0.4, -0.2) is 34.5 Å². The van der Waals surface area contributed by atoms with Gasteiger partial charge in [0, 0.05) is 5.39 Å². The SMILES string of the molecule is O=C(O)c1c2c(nc3ccccc13)/C(=C\c1ccc(OC(F)(F)C(F)C(F)(F)F)cc1)CCC2. The van der Waals surface area contributed by atoms with E-state index in [-0.39, 0.29) is 5.56 Å². The maximum atomic E-state index is 13.5. The van der Waals surface area contributed by atoms with Crippen molar-refractivity contribution >= 4 is 28.5 Å². The van der Waals surface area contributed by atoms with Gasteiger partial charge in [-0.1, -0.05) is 30.3 Å². The zero-order chi connectivity index (χ0) is 24.7. The number of aromatic carboxylic acids is 1. The number of fused-ring (bicyclic) bond motifs is 2. The molecule has 0 fully saturated rings. The maximum absolute atomic E-state index is 13.5. The molecule has 0 saturated carbocycles. The molecular formula is C24H17F6NO3. The van der Waals surface area contributed by atoms with Gasteiger partial charge in [-0.3, -0.25) is 0 Å². The van der Waals surface area contributed by atoms with E-state index in [4.69, 9.17) is 0 Å². The number of hydrogen-bond donors (Lipinski definition) is 1. The standard InChI is InChI=1S/C24H17F6NO3/c25-22(23(26,27)28)24(29,30)34-15-10-8-13(9-11-15)12-14-4-3-6-17-19(21(32)33)16-5-1-2-7-18(16)31-20(14)17/h1-2,5,7-12,22H,3-4,6H2,(H,32,33)/b14-12-. The van der Waals surface area contributed by atoms with E-state index in [2.05, 4.69) is 9.72 Å². The minimum absolute atomic E-state index is 0.183. The highest BCUT2D eigenvalue weighted by Gasteiger charge is 2.59. The average molecular weight is 481 g/mol. The molecule has 2 aromatic carbocycles. The second-order valence-electron chi connectivity index (χ2n) is 7.80. The van der Waals surface area contributed by atoms with Crippen molar-refractivity contribution in [1.82, 2.24) is 4.98 Å². The first kappa shape index (κ1) is 23.6. The summed E-state index contributed by atoms with van der Waals surface area (Å²) in [4.78, 5) is 16.6. The summed E-state index contributed by atoms with van der Waals surface area (Å²) in [5.41, 5.74) is 3.06. The van der Waals surface area contributed by atoms with E-state index in [9.17, 15) is 36.2 Å². The predicted molar refractivity (Wildman–Crippen MR) is 112 cm³/mol. The Balaban J connectivity index is 1.66. The molecule has 1 atom stereocenters. The molecule has 3 aromatic rings. The zero-order valence-electron chi connectivity index (χ0n) is 17.4. The van der Waals surface area contributed by atoms with Gasteiger partial charge in [-0.05, 0) is 60.2 Å². The quantitative estimate of drug-likeness (QED) is 0.413. The minimum Gasteiger partial charge on any atom is -0.478 e. The van der Waals surface area contributed by atoms with Crippen LogP contribution in [0.3, 0.4) is 0 Å². The Morgan fingerprint density at radius 3 is 2.35 bits per heavy atom. The smallest absolute Gasteiger partial charge is 0.439 e. The number of allylic oxidation sites excluding steroid dienone is 1. The Morgan fingerprint density at radius 1 is 1.03 bits per heavy atom. The molecule has 1 heterocycles. The molecule has 4 nitrogen and oxygen atoms in total. The van der Waals surface area contributed by atoms with Crippen LogP contribution < -0.4 is 4.74 Å². The highest BCUT2D eigenvalue weighted by molar-refractivity contribution is 6.05. The van der Waals surface area contributed by atoms with Crippen molar-refractivity contribution in [2.45, 2.75) is 37.7 Å². The number of rotatable bonds is 5. The Bertz CT molecular complexity index is 1270. The second-order valence-corrected chi connectivity index (χ2v) is 7.80. The molecule has 0 bridgehead atoms. The molecule has 0 aliphatic heterocycles. The van der Waals surface area contributed by atoms with Crippen LogP contribution in [0.25, 0.3) is 22.6 Å². The third kappa shape index (κ3) is 4.57. The lowest BCUT2D eigenvalue weighted by atomic mass is 9.86. The van der Waals surface area contributed by atoms with Gasteiger partial charge < -0.3 is 9.84 Å². The number of carbonyl (C=O) groups is 1. The topological polar surface area (TPSA) is 59.4 Å². The van der Waals surface area contributed by atoms with Gasteiger partial charge in [-0.15, -0.1) is 0 Å². The van der Waals surface area contributed by atoms with Gasteiger partial charge in [-0.25, -0.2) is 14.2 Å². The molecule has 1 unspecified atom stereocenters. The lowest BCUT2D eigenvalue weighted by Crippen LogP contribution is -2.45. The highest BCUT2D eigenvalue weighted by Crippen LogP contribution is 2.38. The normalized spacial score (nSPS) is 16.4. The Hall–Kier alpha value is -3.56.